The number of unbranched alkanes of at least 4 members (excludes halogenated alkanes) is 42. The number of aliphatic hydroxyl groups is 2. The molecule has 0 saturated carbocycles. The van der Waals surface area contributed by atoms with Gasteiger partial charge in [-0.05, 0) is 32.1 Å². The van der Waals surface area contributed by atoms with Crippen molar-refractivity contribution in [2.24, 2.45) is 0 Å². The zero-order chi connectivity index (χ0) is 45.8. The second-order valence-corrected chi connectivity index (χ2v) is 19.6. The van der Waals surface area contributed by atoms with E-state index >= 15 is 0 Å². The van der Waals surface area contributed by atoms with Crippen LogP contribution in [0.3, 0.4) is 0 Å². The molecule has 6 nitrogen and oxygen atoms in total. The fraction of sp³-hybridized carbons (Fsp3) is 0.930. The fourth-order valence-electron chi connectivity index (χ4n) is 8.93. The summed E-state index contributed by atoms with van der Waals surface area (Å²) in [4.78, 5) is 24.4. The van der Waals surface area contributed by atoms with Gasteiger partial charge in [-0.15, -0.1) is 0 Å². The van der Waals surface area contributed by atoms with E-state index in [-0.39, 0.29) is 18.5 Å². The molecule has 0 bridgehead atoms. The highest BCUT2D eigenvalue weighted by molar-refractivity contribution is 5.76. The van der Waals surface area contributed by atoms with E-state index in [0.29, 0.717) is 19.4 Å². The molecule has 374 valence electrons. The van der Waals surface area contributed by atoms with E-state index in [1.807, 2.05) is 6.08 Å². The topological polar surface area (TPSA) is 95.9 Å². The Balaban J connectivity index is 3.38. The molecule has 63 heavy (non-hydrogen) atoms. The van der Waals surface area contributed by atoms with Crippen LogP contribution in [0.5, 0.6) is 0 Å². The summed E-state index contributed by atoms with van der Waals surface area (Å²) in [5, 5.41) is 23.0. The van der Waals surface area contributed by atoms with Crippen LogP contribution in [0, 0.1) is 0 Å². The maximum atomic E-state index is 12.4. The van der Waals surface area contributed by atoms with Crippen molar-refractivity contribution in [3.63, 3.8) is 0 Å². The Morgan fingerprint density at radius 3 is 1.08 bits per heavy atom. The molecule has 0 aromatic rings. The fourth-order valence-corrected chi connectivity index (χ4v) is 8.93. The summed E-state index contributed by atoms with van der Waals surface area (Å²) in [5.74, 6) is -0.0554. The van der Waals surface area contributed by atoms with E-state index < -0.39 is 12.1 Å². The van der Waals surface area contributed by atoms with Gasteiger partial charge in [0.2, 0.25) is 5.91 Å². The number of hydrogen-bond acceptors (Lipinski definition) is 5. The summed E-state index contributed by atoms with van der Waals surface area (Å²) >= 11 is 0. The van der Waals surface area contributed by atoms with Crippen LogP contribution in [-0.2, 0) is 14.3 Å². The first-order chi connectivity index (χ1) is 31.0. The van der Waals surface area contributed by atoms with Crippen LogP contribution in [0.1, 0.15) is 316 Å². The third kappa shape index (κ3) is 49.9. The zero-order valence-corrected chi connectivity index (χ0v) is 42.6. The molecule has 0 radical (unpaired) electrons. The molecule has 0 fully saturated rings. The normalized spacial score (nSPS) is 12.6. The third-order valence-electron chi connectivity index (χ3n) is 13.3. The van der Waals surface area contributed by atoms with Gasteiger partial charge in [-0.1, -0.05) is 283 Å². The number of ether oxygens (including phenoxy) is 1. The standard InChI is InChI=1S/C57H111NO5/c1-3-5-7-9-11-13-15-26-31-35-39-43-47-51-57(62)63-52-48-44-40-36-32-28-25-23-21-19-17-18-20-22-24-27-30-34-38-42-46-50-56(61)58-54(53-59)55(60)49-45-41-37-33-29-16-14-12-10-8-6-4-2/h45,49,54-55,59-60H,3-44,46-48,50-53H2,1-2H3,(H,58,61)/b49-45+. The van der Waals surface area contributed by atoms with Crippen molar-refractivity contribution in [1.29, 1.82) is 0 Å². The molecule has 6 heteroatoms. The lowest BCUT2D eigenvalue weighted by molar-refractivity contribution is -0.143. The molecular weight excluding hydrogens is 779 g/mol. The Bertz CT molecular complexity index is 939. The van der Waals surface area contributed by atoms with E-state index in [9.17, 15) is 19.8 Å². The Kier molecular flexibility index (Phi) is 52.0. The van der Waals surface area contributed by atoms with Gasteiger partial charge in [0.15, 0.2) is 0 Å². The smallest absolute Gasteiger partial charge is 0.305 e. The van der Waals surface area contributed by atoms with Crippen molar-refractivity contribution in [2.75, 3.05) is 13.2 Å². The number of nitrogens with one attached hydrogen (secondary N) is 1. The Hall–Kier alpha value is -1.40. The van der Waals surface area contributed by atoms with Crippen LogP contribution < -0.4 is 5.32 Å². The van der Waals surface area contributed by atoms with Crippen LogP contribution in [0.25, 0.3) is 0 Å². The minimum Gasteiger partial charge on any atom is -0.466 e. The van der Waals surface area contributed by atoms with Gasteiger partial charge >= 0.3 is 5.97 Å². The quantitative estimate of drug-likeness (QED) is 0.0321. The summed E-state index contributed by atoms with van der Waals surface area (Å²) in [5.41, 5.74) is 0. The van der Waals surface area contributed by atoms with Crippen LogP contribution in [0.15, 0.2) is 12.2 Å². The van der Waals surface area contributed by atoms with Crippen molar-refractivity contribution in [3.05, 3.63) is 12.2 Å². The first-order valence-corrected chi connectivity index (χ1v) is 28.5. The van der Waals surface area contributed by atoms with Crippen molar-refractivity contribution in [1.82, 2.24) is 5.32 Å². The zero-order valence-electron chi connectivity index (χ0n) is 42.6. The van der Waals surface area contributed by atoms with E-state index in [1.54, 1.807) is 6.08 Å². The number of carbonyl (C=O) groups is 2. The van der Waals surface area contributed by atoms with Gasteiger partial charge in [-0.25, -0.2) is 0 Å². The van der Waals surface area contributed by atoms with Crippen molar-refractivity contribution in [2.45, 2.75) is 328 Å². The lowest BCUT2D eigenvalue weighted by Crippen LogP contribution is -2.45. The van der Waals surface area contributed by atoms with Gasteiger partial charge in [0.1, 0.15) is 0 Å². The van der Waals surface area contributed by atoms with Crippen LogP contribution in [0.2, 0.25) is 0 Å². The third-order valence-corrected chi connectivity index (χ3v) is 13.3. The van der Waals surface area contributed by atoms with Gasteiger partial charge in [0.25, 0.3) is 0 Å². The van der Waals surface area contributed by atoms with Crippen LogP contribution in [-0.4, -0.2) is 47.4 Å². The van der Waals surface area contributed by atoms with E-state index in [0.717, 1.165) is 38.5 Å². The predicted molar refractivity (Wildman–Crippen MR) is 273 cm³/mol. The number of hydrogen-bond donors (Lipinski definition) is 3. The van der Waals surface area contributed by atoms with Gasteiger partial charge in [-0.2, -0.15) is 0 Å². The average molecular weight is 891 g/mol. The van der Waals surface area contributed by atoms with Gasteiger partial charge in [0.05, 0.1) is 25.4 Å². The van der Waals surface area contributed by atoms with Gasteiger partial charge in [0, 0.05) is 12.8 Å². The second kappa shape index (κ2) is 53.2. The number of aliphatic hydroxyl groups excluding tert-OH is 2. The van der Waals surface area contributed by atoms with E-state index in [1.165, 1.54) is 250 Å². The van der Waals surface area contributed by atoms with Gasteiger partial charge in [-0.3, -0.25) is 9.59 Å². The largest absolute Gasteiger partial charge is 0.466 e. The Morgan fingerprint density at radius 2 is 0.730 bits per heavy atom. The molecule has 0 aliphatic carbocycles. The summed E-state index contributed by atoms with van der Waals surface area (Å²) in [6.45, 7) is 4.91. The van der Waals surface area contributed by atoms with E-state index in [4.69, 9.17) is 4.74 Å². The number of carbonyl (C=O) groups excluding carboxylic acids is 2. The highest BCUT2D eigenvalue weighted by atomic mass is 16.5. The van der Waals surface area contributed by atoms with Crippen molar-refractivity contribution in [3.8, 4) is 0 Å². The number of amides is 1. The average Bonchev–Trinajstić information content (AvgIpc) is 3.28. The minimum absolute atomic E-state index is 0.0131. The SMILES string of the molecule is CCCCCCCCCCCC/C=C/C(O)C(CO)NC(=O)CCCCCCCCCCCCCCCCCCCCCCCOC(=O)CCCCCCCCCCCCCCC. The lowest BCUT2D eigenvalue weighted by Gasteiger charge is -2.20. The summed E-state index contributed by atoms with van der Waals surface area (Å²) in [6.07, 6.45) is 62.3. The predicted octanol–water partition coefficient (Wildman–Crippen LogP) is 17.3. The second-order valence-electron chi connectivity index (χ2n) is 19.6. The van der Waals surface area contributed by atoms with E-state index in [2.05, 4.69) is 19.2 Å². The Morgan fingerprint density at radius 1 is 0.429 bits per heavy atom. The number of allylic oxidation sites excluding steroid dienone is 1. The number of esters is 1. The van der Waals surface area contributed by atoms with Crippen molar-refractivity contribution >= 4 is 11.9 Å². The van der Waals surface area contributed by atoms with Gasteiger partial charge < -0.3 is 20.3 Å². The minimum atomic E-state index is -0.843. The first-order valence-electron chi connectivity index (χ1n) is 28.5. The first kappa shape index (κ1) is 61.6. The molecule has 1 amide bonds. The molecule has 0 saturated heterocycles. The molecule has 0 spiro atoms. The maximum absolute atomic E-state index is 12.4. The molecule has 0 aliphatic heterocycles. The summed E-state index contributed by atoms with van der Waals surface area (Å²) in [7, 11) is 0. The molecule has 2 unspecified atom stereocenters. The molecular formula is C57H111NO5. The lowest BCUT2D eigenvalue weighted by atomic mass is 10.0. The Labute approximate surface area is 393 Å². The highest BCUT2D eigenvalue weighted by Gasteiger charge is 2.18. The highest BCUT2D eigenvalue weighted by Crippen LogP contribution is 2.17. The van der Waals surface area contributed by atoms with Crippen LogP contribution >= 0.6 is 0 Å². The summed E-state index contributed by atoms with van der Waals surface area (Å²) < 4.78 is 5.47. The molecule has 0 heterocycles. The molecule has 0 aromatic carbocycles. The van der Waals surface area contributed by atoms with Crippen LogP contribution in [0.4, 0.5) is 0 Å². The maximum Gasteiger partial charge on any atom is 0.305 e. The molecule has 0 aromatic heterocycles. The molecule has 2 atom stereocenters. The van der Waals surface area contributed by atoms with Crippen molar-refractivity contribution < 1.29 is 24.5 Å². The molecule has 0 aliphatic rings. The molecule has 3 N–H and O–H groups in total. The molecule has 0 rings (SSSR count). The monoisotopic (exact) mass is 890 g/mol. The number of rotatable bonds is 53. The summed E-state index contributed by atoms with van der Waals surface area (Å²) in [6, 6.07) is -0.626.